The quantitative estimate of drug-likeness (QED) is 0.641. The number of rotatable bonds is 1. The summed E-state index contributed by atoms with van der Waals surface area (Å²) in [6, 6.07) is 13.0. The molecule has 21 heavy (non-hydrogen) atoms. The summed E-state index contributed by atoms with van der Waals surface area (Å²) in [7, 11) is 0. The van der Waals surface area contributed by atoms with Gasteiger partial charge in [-0.1, -0.05) is 30.3 Å². The van der Waals surface area contributed by atoms with Gasteiger partial charge in [0.15, 0.2) is 0 Å². The van der Waals surface area contributed by atoms with Crippen LogP contribution >= 0.6 is 0 Å². The van der Waals surface area contributed by atoms with Crippen molar-refractivity contribution in [3.63, 3.8) is 0 Å². The molecule has 0 saturated heterocycles. The number of nitrogens with two attached hydrogens (primary N) is 1. The van der Waals surface area contributed by atoms with E-state index in [1.54, 1.807) is 18.2 Å². The first kappa shape index (κ1) is 12.1. The monoisotopic (exact) mass is 278 g/mol. The first-order chi connectivity index (χ1) is 10.2. The second-order valence-corrected chi connectivity index (χ2v) is 5.58. The average Bonchev–Trinajstić information content (AvgIpc) is 2.99. The van der Waals surface area contributed by atoms with E-state index in [0.717, 1.165) is 12.8 Å². The third-order valence-electron chi connectivity index (χ3n) is 4.37. The lowest BCUT2D eigenvalue weighted by Crippen LogP contribution is -2.40. The van der Waals surface area contributed by atoms with Gasteiger partial charge >= 0.3 is 0 Å². The van der Waals surface area contributed by atoms with E-state index in [9.17, 15) is 9.59 Å². The van der Waals surface area contributed by atoms with Crippen molar-refractivity contribution in [2.45, 2.75) is 18.9 Å². The number of hydrogen-bond acceptors (Lipinski definition) is 3. The smallest absolute Gasteiger partial charge is 0.263 e. The third kappa shape index (κ3) is 1.62. The molecule has 1 aliphatic carbocycles. The summed E-state index contributed by atoms with van der Waals surface area (Å²) in [5.74, 6) is -0.481. The van der Waals surface area contributed by atoms with Crippen LogP contribution in [0.25, 0.3) is 0 Å². The highest BCUT2D eigenvalue weighted by atomic mass is 16.2. The molecule has 0 unspecified atom stereocenters. The molecule has 2 N–H and O–H groups in total. The number of carbonyl (C=O) groups excluding carboxylic acids is 2. The fourth-order valence-electron chi connectivity index (χ4n) is 3.38. The standard InChI is InChI=1S/C17H14N2O2/c18-14-7-3-6-13-15(14)17(21)19(16(13)20)12-8-10-4-1-2-5-11(10)9-12/h1-7,12H,8-9,18H2. The highest BCUT2D eigenvalue weighted by molar-refractivity contribution is 6.23. The van der Waals surface area contributed by atoms with Gasteiger partial charge in [-0.05, 0) is 36.1 Å². The lowest BCUT2D eigenvalue weighted by atomic mass is 10.1. The molecule has 0 atom stereocenters. The molecule has 1 aliphatic heterocycles. The van der Waals surface area contributed by atoms with Gasteiger partial charge in [-0.25, -0.2) is 0 Å². The van der Waals surface area contributed by atoms with E-state index in [1.165, 1.54) is 16.0 Å². The predicted molar refractivity (Wildman–Crippen MR) is 79.0 cm³/mol. The topological polar surface area (TPSA) is 63.4 Å². The van der Waals surface area contributed by atoms with Crippen molar-refractivity contribution in [3.05, 3.63) is 64.7 Å². The molecule has 0 fully saturated rings. The summed E-state index contributed by atoms with van der Waals surface area (Å²) in [4.78, 5) is 26.5. The van der Waals surface area contributed by atoms with Crippen molar-refractivity contribution < 1.29 is 9.59 Å². The minimum Gasteiger partial charge on any atom is -0.398 e. The molecule has 2 aromatic carbocycles. The number of amides is 2. The average molecular weight is 278 g/mol. The molecule has 4 heteroatoms. The van der Waals surface area contributed by atoms with E-state index in [0.29, 0.717) is 16.8 Å². The molecular formula is C17H14N2O2. The van der Waals surface area contributed by atoms with Crippen molar-refractivity contribution in [1.29, 1.82) is 0 Å². The van der Waals surface area contributed by atoms with Gasteiger partial charge in [-0.2, -0.15) is 0 Å². The summed E-state index contributed by atoms with van der Waals surface area (Å²) in [6.07, 6.45) is 1.45. The molecular weight excluding hydrogens is 264 g/mol. The predicted octanol–water partition coefficient (Wildman–Crippen LogP) is 2.03. The normalized spacial score (nSPS) is 17.2. The van der Waals surface area contributed by atoms with E-state index in [2.05, 4.69) is 12.1 Å². The summed E-state index contributed by atoms with van der Waals surface area (Å²) in [5.41, 5.74) is 9.46. The molecule has 4 rings (SSSR count). The fourth-order valence-corrected chi connectivity index (χ4v) is 3.38. The van der Waals surface area contributed by atoms with Crippen LogP contribution in [0.1, 0.15) is 31.8 Å². The van der Waals surface area contributed by atoms with Crippen LogP contribution in [-0.2, 0) is 12.8 Å². The van der Waals surface area contributed by atoms with Crippen molar-refractivity contribution in [3.8, 4) is 0 Å². The lowest BCUT2D eigenvalue weighted by Gasteiger charge is -2.21. The van der Waals surface area contributed by atoms with Crippen LogP contribution in [-0.4, -0.2) is 22.8 Å². The second-order valence-electron chi connectivity index (χ2n) is 5.58. The number of hydrogen-bond donors (Lipinski definition) is 1. The van der Waals surface area contributed by atoms with E-state index in [4.69, 9.17) is 5.73 Å². The van der Waals surface area contributed by atoms with Crippen molar-refractivity contribution in [1.82, 2.24) is 4.90 Å². The molecule has 0 bridgehead atoms. The van der Waals surface area contributed by atoms with Crippen LogP contribution in [0.4, 0.5) is 5.69 Å². The molecule has 104 valence electrons. The minimum atomic E-state index is -0.258. The second kappa shape index (κ2) is 4.19. The maximum atomic E-state index is 12.6. The Kier molecular flexibility index (Phi) is 2.42. The Labute approximate surface area is 122 Å². The Morgan fingerprint density at radius 2 is 1.57 bits per heavy atom. The summed E-state index contributed by atoms with van der Waals surface area (Å²) >= 11 is 0. The molecule has 0 saturated carbocycles. The summed E-state index contributed by atoms with van der Waals surface area (Å²) in [5, 5.41) is 0. The maximum Gasteiger partial charge on any atom is 0.263 e. The molecule has 2 amide bonds. The summed E-state index contributed by atoms with van der Waals surface area (Å²) < 4.78 is 0. The zero-order valence-corrected chi connectivity index (χ0v) is 11.4. The molecule has 2 aromatic rings. The van der Waals surface area contributed by atoms with Crippen LogP contribution in [0.5, 0.6) is 0 Å². The number of carbonyl (C=O) groups is 2. The van der Waals surface area contributed by atoms with Crippen molar-refractivity contribution >= 4 is 17.5 Å². The van der Waals surface area contributed by atoms with Crippen LogP contribution < -0.4 is 5.73 Å². The van der Waals surface area contributed by atoms with Crippen molar-refractivity contribution in [2.24, 2.45) is 0 Å². The van der Waals surface area contributed by atoms with E-state index in [1.807, 2.05) is 12.1 Å². The first-order valence-corrected chi connectivity index (χ1v) is 7.00. The Bertz CT molecular complexity index is 757. The van der Waals surface area contributed by atoms with Gasteiger partial charge in [0.05, 0.1) is 11.1 Å². The number of anilines is 1. The zero-order valence-electron chi connectivity index (χ0n) is 11.4. The number of nitrogen functional groups attached to an aromatic ring is 1. The van der Waals surface area contributed by atoms with Gasteiger partial charge in [0.2, 0.25) is 0 Å². The van der Waals surface area contributed by atoms with Gasteiger partial charge in [0.25, 0.3) is 11.8 Å². The third-order valence-corrected chi connectivity index (χ3v) is 4.37. The van der Waals surface area contributed by atoms with Crippen LogP contribution in [0.3, 0.4) is 0 Å². The summed E-state index contributed by atoms with van der Waals surface area (Å²) in [6.45, 7) is 0. The van der Waals surface area contributed by atoms with Gasteiger partial charge in [-0.15, -0.1) is 0 Å². The molecule has 1 heterocycles. The largest absolute Gasteiger partial charge is 0.398 e. The first-order valence-electron chi connectivity index (χ1n) is 7.00. The Morgan fingerprint density at radius 3 is 2.19 bits per heavy atom. The van der Waals surface area contributed by atoms with Crippen LogP contribution in [0.2, 0.25) is 0 Å². The van der Waals surface area contributed by atoms with Crippen LogP contribution in [0, 0.1) is 0 Å². The minimum absolute atomic E-state index is 0.103. The maximum absolute atomic E-state index is 12.6. The number of benzene rings is 2. The van der Waals surface area contributed by atoms with Gasteiger partial charge in [-0.3, -0.25) is 14.5 Å². The molecule has 0 spiro atoms. The number of nitrogens with zero attached hydrogens (tertiary/aromatic N) is 1. The van der Waals surface area contributed by atoms with E-state index < -0.39 is 0 Å². The SMILES string of the molecule is Nc1cccc2c1C(=O)N(C1Cc3ccccc3C1)C2=O. The fraction of sp³-hybridized carbons (Fsp3) is 0.176. The molecule has 0 aromatic heterocycles. The number of fused-ring (bicyclic) bond motifs is 2. The highest BCUT2D eigenvalue weighted by Gasteiger charge is 2.42. The van der Waals surface area contributed by atoms with Gasteiger partial charge in [0, 0.05) is 11.7 Å². The molecule has 2 aliphatic rings. The van der Waals surface area contributed by atoms with Crippen LogP contribution in [0.15, 0.2) is 42.5 Å². The van der Waals surface area contributed by atoms with Gasteiger partial charge < -0.3 is 5.73 Å². The van der Waals surface area contributed by atoms with Crippen molar-refractivity contribution in [2.75, 3.05) is 5.73 Å². The Morgan fingerprint density at radius 1 is 0.905 bits per heavy atom. The Balaban J connectivity index is 1.72. The highest BCUT2D eigenvalue weighted by Crippen LogP contribution is 2.33. The Hall–Kier alpha value is -2.62. The van der Waals surface area contributed by atoms with E-state index >= 15 is 0 Å². The van der Waals surface area contributed by atoms with Gasteiger partial charge in [0.1, 0.15) is 0 Å². The molecule has 4 nitrogen and oxygen atoms in total. The lowest BCUT2D eigenvalue weighted by molar-refractivity contribution is 0.0591. The zero-order chi connectivity index (χ0) is 14.6. The molecule has 0 radical (unpaired) electrons. The number of imide groups is 1. The van der Waals surface area contributed by atoms with E-state index in [-0.39, 0.29) is 17.9 Å².